The zero-order valence-electron chi connectivity index (χ0n) is 12.9. The van der Waals surface area contributed by atoms with Crippen LogP contribution >= 0.6 is 0 Å². The Bertz CT molecular complexity index is 708. The van der Waals surface area contributed by atoms with Gasteiger partial charge >= 0.3 is 5.97 Å². The Morgan fingerprint density at radius 3 is 2.74 bits per heavy atom. The fourth-order valence-electron chi connectivity index (χ4n) is 2.07. The quantitative estimate of drug-likeness (QED) is 0.755. The maximum atomic E-state index is 10.8. The van der Waals surface area contributed by atoms with Gasteiger partial charge in [-0.15, -0.1) is 6.42 Å². The standard InChI is InChI=1S/C18H18O5/c1-3-5-13-6-8-15(17(11-13)21-10-4-2)22-12-14-7-9-16(23-14)18(19)20/h2,6-9,11H,3,5,10,12H2,1H3,(H,19,20). The molecular weight excluding hydrogens is 296 g/mol. The molecule has 0 bridgehead atoms. The Kier molecular flexibility index (Phi) is 5.70. The fraction of sp³-hybridized carbons (Fsp3) is 0.278. The first-order valence-corrected chi connectivity index (χ1v) is 7.28. The molecule has 0 fully saturated rings. The van der Waals surface area contributed by atoms with Crippen molar-refractivity contribution in [2.24, 2.45) is 0 Å². The Morgan fingerprint density at radius 1 is 1.26 bits per heavy atom. The third-order valence-electron chi connectivity index (χ3n) is 3.10. The number of carboxylic acids is 1. The number of furan rings is 1. The molecule has 0 saturated carbocycles. The van der Waals surface area contributed by atoms with Crippen molar-refractivity contribution >= 4 is 5.97 Å². The van der Waals surface area contributed by atoms with E-state index in [0.717, 1.165) is 18.4 Å². The van der Waals surface area contributed by atoms with Crippen LogP contribution in [-0.2, 0) is 13.0 Å². The molecule has 23 heavy (non-hydrogen) atoms. The van der Waals surface area contributed by atoms with Crippen LogP contribution in [0.15, 0.2) is 34.7 Å². The molecular formula is C18H18O5. The molecule has 5 heteroatoms. The largest absolute Gasteiger partial charge is 0.482 e. The monoisotopic (exact) mass is 314 g/mol. The van der Waals surface area contributed by atoms with Crippen molar-refractivity contribution in [1.82, 2.24) is 0 Å². The number of hydrogen-bond donors (Lipinski definition) is 1. The first-order valence-electron chi connectivity index (χ1n) is 7.28. The highest BCUT2D eigenvalue weighted by Gasteiger charge is 2.11. The predicted octanol–water partition coefficient (Wildman–Crippen LogP) is 3.52. The number of rotatable bonds is 8. The van der Waals surface area contributed by atoms with Crippen LogP contribution in [0.2, 0.25) is 0 Å². The summed E-state index contributed by atoms with van der Waals surface area (Å²) in [6, 6.07) is 8.64. The molecule has 0 aliphatic heterocycles. The van der Waals surface area contributed by atoms with E-state index in [2.05, 4.69) is 12.8 Å². The van der Waals surface area contributed by atoms with Gasteiger partial charge in [0.2, 0.25) is 5.76 Å². The van der Waals surface area contributed by atoms with Crippen molar-refractivity contribution < 1.29 is 23.8 Å². The summed E-state index contributed by atoms with van der Waals surface area (Å²) in [6.07, 6.45) is 7.20. The summed E-state index contributed by atoms with van der Waals surface area (Å²) in [4.78, 5) is 10.8. The maximum absolute atomic E-state index is 10.8. The predicted molar refractivity (Wildman–Crippen MR) is 84.8 cm³/mol. The lowest BCUT2D eigenvalue weighted by molar-refractivity contribution is 0.0658. The van der Waals surface area contributed by atoms with Gasteiger partial charge in [0.15, 0.2) is 11.5 Å². The molecule has 0 atom stereocenters. The number of aromatic carboxylic acids is 1. The van der Waals surface area contributed by atoms with Crippen molar-refractivity contribution in [3.63, 3.8) is 0 Å². The van der Waals surface area contributed by atoms with Gasteiger partial charge in [-0.2, -0.15) is 0 Å². The van der Waals surface area contributed by atoms with E-state index in [1.54, 1.807) is 6.07 Å². The van der Waals surface area contributed by atoms with Gasteiger partial charge in [-0.3, -0.25) is 0 Å². The van der Waals surface area contributed by atoms with Crippen LogP contribution in [0.5, 0.6) is 11.5 Å². The second-order valence-corrected chi connectivity index (χ2v) is 4.88. The van der Waals surface area contributed by atoms with Gasteiger partial charge in [0.1, 0.15) is 19.0 Å². The van der Waals surface area contributed by atoms with Crippen molar-refractivity contribution in [2.75, 3.05) is 6.61 Å². The normalized spacial score (nSPS) is 10.1. The number of carboxylic acid groups (broad SMARTS) is 1. The first-order chi connectivity index (χ1) is 11.1. The molecule has 0 aliphatic rings. The molecule has 5 nitrogen and oxygen atoms in total. The number of ether oxygens (including phenoxy) is 2. The zero-order chi connectivity index (χ0) is 16.7. The van der Waals surface area contributed by atoms with Crippen LogP contribution in [0.4, 0.5) is 0 Å². The second-order valence-electron chi connectivity index (χ2n) is 4.88. The van der Waals surface area contributed by atoms with Gasteiger partial charge in [0.05, 0.1) is 0 Å². The van der Waals surface area contributed by atoms with Gasteiger partial charge in [0.25, 0.3) is 0 Å². The molecule has 2 rings (SSSR count). The Morgan fingerprint density at radius 2 is 2.09 bits per heavy atom. The van der Waals surface area contributed by atoms with E-state index in [9.17, 15) is 4.79 Å². The van der Waals surface area contributed by atoms with E-state index in [1.807, 2.05) is 18.2 Å². The summed E-state index contributed by atoms with van der Waals surface area (Å²) in [5.41, 5.74) is 1.14. The van der Waals surface area contributed by atoms with Gasteiger partial charge in [-0.05, 0) is 36.2 Å². The third kappa shape index (κ3) is 4.55. The van der Waals surface area contributed by atoms with E-state index in [4.69, 9.17) is 25.4 Å². The number of benzene rings is 1. The molecule has 0 saturated heterocycles. The van der Waals surface area contributed by atoms with Crippen LogP contribution in [0.3, 0.4) is 0 Å². The van der Waals surface area contributed by atoms with Crippen molar-refractivity contribution in [1.29, 1.82) is 0 Å². The lowest BCUT2D eigenvalue weighted by atomic mass is 10.1. The van der Waals surface area contributed by atoms with E-state index in [-0.39, 0.29) is 19.0 Å². The number of carbonyl (C=O) groups is 1. The van der Waals surface area contributed by atoms with Crippen LogP contribution in [0, 0.1) is 12.3 Å². The average molecular weight is 314 g/mol. The highest BCUT2D eigenvalue weighted by atomic mass is 16.5. The van der Waals surface area contributed by atoms with Crippen LogP contribution < -0.4 is 9.47 Å². The number of aryl methyl sites for hydroxylation is 1. The molecule has 1 N–H and O–H groups in total. The molecule has 1 heterocycles. The second kappa shape index (κ2) is 7.95. The highest BCUT2D eigenvalue weighted by molar-refractivity contribution is 5.84. The fourth-order valence-corrected chi connectivity index (χ4v) is 2.07. The van der Waals surface area contributed by atoms with E-state index in [1.165, 1.54) is 6.07 Å². The maximum Gasteiger partial charge on any atom is 0.371 e. The lowest BCUT2D eigenvalue weighted by Crippen LogP contribution is -2.01. The van der Waals surface area contributed by atoms with Gasteiger partial charge < -0.3 is 19.0 Å². The number of terminal acetylenes is 1. The average Bonchev–Trinajstić information content (AvgIpc) is 3.01. The minimum atomic E-state index is -1.11. The Balaban J connectivity index is 2.10. The van der Waals surface area contributed by atoms with E-state index >= 15 is 0 Å². The molecule has 0 amide bonds. The Hall–Kier alpha value is -2.87. The first kappa shape index (κ1) is 16.5. The summed E-state index contributed by atoms with van der Waals surface area (Å²) >= 11 is 0. The number of hydrogen-bond acceptors (Lipinski definition) is 4. The van der Waals surface area contributed by atoms with Crippen molar-refractivity contribution in [3.8, 4) is 23.8 Å². The molecule has 1 aromatic carbocycles. The summed E-state index contributed by atoms with van der Waals surface area (Å²) in [7, 11) is 0. The lowest BCUT2D eigenvalue weighted by Gasteiger charge is -2.12. The summed E-state index contributed by atoms with van der Waals surface area (Å²) in [5.74, 6) is 2.71. The van der Waals surface area contributed by atoms with Crippen molar-refractivity contribution in [2.45, 2.75) is 26.4 Å². The molecule has 0 unspecified atom stereocenters. The van der Waals surface area contributed by atoms with Crippen molar-refractivity contribution in [3.05, 3.63) is 47.4 Å². The van der Waals surface area contributed by atoms with Gasteiger partial charge in [-0.25, -0.2) is 4.79 Å². The molecule has 0 spiro atoms. The molecule has 1 aromatic heterocycles. The molecule has 2 aromatic rings. The highest BCUT2D eigenvalue weighted by Crippen LogP contribution is 2.30. The van der Waals surface area contributed by atoms with Crippen LogP contribution in [0.1, 0.15) is 35.2 Å². The SMILES string of the molecule is C#CCOc1cc(CCC)ccc1OCc1ccc(C(=O)O)o1. The van der Waals surface area contributed by atoms with E-state index < -0.39 is 5.97 Å². The summed E-state index contributed by atoms with van der Waals surface area (Å²) < 4.78 is 16.3. The third-order valence-corrected chi connectivity index (χ3v) is 3.10. The minimum Gasteiger partial charge on any atom is -0.482 e. The zero-order valence-corrected chi connectivity index (χ0v) is 12.9. The summed E-state index contributed by atoms with van der Waals surface area (Å²) in [6.45, 7) is 2.35. The van der Waals surface area contributed by atoms with Crippen LogP contribution in [-0.4, -0.2) is 17.7 Å². The van der Waals surface area contributed by atoms with Crippen LogP contribution in [0.25, 0.3) is 0 Å². The topological polar surface area (TPSA) is 68.9 Å². The molecule has 0 aliphatic carbocycles. The minimum absolute atomic E-state index is 0.104. The Labute approximate surface area is 134 Å². The smallest absolute Gasteiger partial charge is 0.371 e. The molecule has 0 radical (unpaired) electrons. The van der Waals surface area contributed by atoms with Gasteiger partial charge in [0, 0.05) is 0 Å². The van der Waals surface area contributed by atoms with E-state index in [0.29, 0.717) is 17.3 Å². The van der Waals surface area contributed by atoms with Gasteiger partial charge in [-0.1, -0.05) is 25.3 Å². The molecule has 120 valence electrons. The summed E-state index contributed by atoms with van der Waals surface area (Å²) in [5, 5.41) is 8.83.